The predicted octanol–water partition coefficient (Wildman–Crippen LogP) is 6.43. The van der Waals surface area contributed by atoms with E-state index in [0.717, 1.165) is 17.5 Å². The summed E-state index contributed by atoms with van der Waals surface area (Å²) in [5.41, 5.74) is 5.39. The molecule has 156 valence electrons. The molecule has 0 aliphatic rings. The van der Waals surface area contributed by atoms with Crippen molar-refractivity contribution in [2.75, 3.05) is 0 Å². The maximum Gasteiger partial charge on any atom is 0.0991 e. The molecular weight excluding hydrogens is 493 g/mol. The minimum absolute atomic E-state index is 0.0426. The zero-order valence-corrected chi connectivity index (χ0v) is 20.0. The van der Waals surface area contributed by atoms with Crippen LogP contribution in [-0.2, 0) is 6.42 Å². The Balaban J connectivity index is 1.90. The molecule has 3 aromatic carbocycles. The Labute approximate surface area is 198 Å². The first kappa shape index (κ1) is 23.0. The van der Waals surface area contributed by atoms with Gasteiger partial charge in [-0.25, -0.2) is 0 Å². The third-order valence-corrected chi connectivity index (χ3v) is 6.37. The van der Waals surface area contributed by atoms with Crippen LogP contribution in [0.15, 0.2) is 72.8 Å². The Hall–Kier alpha value is -2.67. The van der Waals surface area contributed by atoms with Gasteiger partial charge in [-0.2, -0.15) is 10.5 Å². The fourth-order valence-electron chi connectivity index (χ4n) is 3.89. The number of nitrogens with one attached hydrogen (secondary N) is 1. The lowest BCUT2D eigenvalue weighted by Crippen LogP contribution is -2.36. The molecule has 0 aliphatic heterocycles. The second-order valence-electron chi connectivity index (χ2n) is 7.96. The first-order valence-electron chi connectivity index (χ1n) is 10.4. The smallest absolute Gasteiger partial charge is 0.0991 e. The molecule has 3 atom stereocenters. The summed E-state index contributed by atoms with van der Waals surface area (Å²) in [6.07, 6.45) is 1.26. The van der Waals surface area contributed by atoms with E-state index in [1.165, 1.54) is 14.7 Å². The zero-order chi connectivity index (χ0) is 22.2. The van der Waals surface area contributed by atoms with Gasteiger partial charge in [0.15, 0.2) is 0 Å². The average Bonchev–Trinajstić information content (AvgIpc) is 2.79. The van der Waals surface area contributed by atoms with Crippen LogP contribution in [-0.4, -0.2) is 6.04 Å². The SMILES string of the molecule is Cc1ccc(C(CC#N)N[C@@H](C)[C@@H](Cc2ccc(I)cc2)c2cccc(C#N)c2)cc1. The van der Waals surface area contributed by atoms with Crippen molar-refractivity contribution in [3.8, 4) is 12.1 Å². The number of aryl methyl sites for hydroxylation is 1. The molecule has 0 amide bonds. The minimum Gasteiger partial charge on any atom is -0.306 e. The summed E-state index contributed by atoms with van der Waals surface area (Å²) in [5, 5.41) is 22.5. The van der Waals surface area contributed by atoms with Crippen LogP contribution < -0.4 is 5.32 Å². The average molecular weight is 519 g/mol. The number of benzene rings is 3. The first-order valence-corrected chi connectivity index (χ1v) is 11.5. The van der Waals surface area contributed by atoms with E-state index in [0.29, 0.717) is 12.0 Å². The summed E-state index contributed by atoms with van der Waals surface area (Å²) < 4.78 is 1.21. The predicted molar refractivity (Wildman–Crippen MR) is 134 cm³/mol. The van der Waals surface area contributed by atoms with Gasteiger partial charge < -0.3 is 5.32 Å². The fourth-order valence-corrected chi connectivity index (χ4v) is 4.25. The Kier molecular flexibility index (Phi) is 8.23. The molecule has 1 unspecified atom stereocenters. The number of nitrogens with zero attached hydrogens (tertiary/aromatic N) is 2. The Morgan fingerprint density at radius 3 is 2.29 bits per heavy atom. The van der Waals surface area contributed by atoms with Gasteiger partial charge in [-0.1, -0.05) is 54.1 Å². The van der Waals surface area contributed by atoms with Crippen LogP contribution >= 0.6 is 22.6 Å². The topological polar surface area (TPSA) is 59.6 Å². The Bertz CT molecular complexity index is 1080. The molecule has 0 aliphatic carbocycles. The maximum absolute atomic E-state index is 9.42. The number of halogens is 1. The first-order chi connectivity index (χ1) is 15.0. The van der Waals surface area contributed by atoms with E-state index in [1.807, 2.05) is 18.2 Å². The van der Waals surface area contributed by atoms with Crippen LogP contribution in [0.3, 0.4) is 0 Å². The van der Waals surface area contributed by atoms with E-state index in [4.69, 9.17) is 0 Å². The largest absolute Gasteiger partial charge is 0.306 e. The molecule has 0 radical (unpaired) electrons. The van der Waals surface area contributed by atoms with Crippen molar-refractivity contribution in [3.63, 3.8) is 0 Å². The van der Waals surface area contributed by atoms with Crippen LogP contribution in [0, 0.1) is 33.2 Å². The van der Waals surface area contributed by atoms with Gasteiger partial charge in [0, 0.05) is 21.6 Å². The normalized spacial score (nSPS) is 13.6. The zero-order valence-electron chi connectivity index (χ0n) is 17.8. The van der Waals surface area contributed by atoms with E-state index in [2.05, 4.69) is 108 Å². The number of hydrogen-bond acceptors (Lipinski definition) is 3. The van der Waals surface area contributed by atoms with Crippen molar-refractivity contribution in [1.29, 1.82) is 10.5 Å². The van der Waals surface area contributed by atoms with Crippen molar-refractivity contribution in [1.82, 2.24) is 5.32 Å². The highest BCUT2D eigenvalue weighted by atomic mass is 127. The summed E-state index contributed by atoms with van der Waals surface area (Å²) in [4.78, 5) is 0. The van der Waals surface area contributed by atoms with E-state index < -0.39 is 0 Å². The Morgan fingerprint density at radius 1 is 0.935 bits per heavy atom. The van der Waals surface area contributed by atoms with Gasteiger partial charge in [-0.3, -0.25) is 0 Å². The van der Waals surface area contributed by atoms with Gasteiger partial charge in [0.2, 0.25) is 0 Å². The van der Waals surface area contributed by atoms with Crippen molar-refractivity contribution in [2.24, 2.45) is 0 Å². The van der Waals surface area contributed by atoms with Crippen molar-refractivity contribution in [2.45, 2.75) is 44.7 Å². The van der Waals surface area contributed by atoms with Crippen LogP contribution in [0.4, 0.5) is 0 Å². The lowest BCUT2D eigenvalue weighted by atomic mass is 9.85. The molecule has 31 heavy (non-hydrogen) atoms. The lowest BCUT2D eigenvalue weighted by Gasteiger charge is -2.30. The third-order valence-electron chi connectivity index (χ3n) is 5.66. The van der Waals surface area contributed by atoms with Gasteiger partial charge in [0.05, 0.1) is 24.1 Å². The van der Waals surface area contributed by atoms with Crippen molar-refractivity contribution >= 4 is 22.6 Å². The molecule has 0 aromatic heterocycles. The molecule has 0 spiro atoms. The third kappa shape index (κ3) is 6.40. The highest BCUT2D eigenvalue weighted by Gasteiger charge is 2.24. The highest BCUT2D eigenvalue weighted by molar-refractivity contribution is 14.1. The number of rotatable bonds is 8. The van der Waals surface area contributed by atoms with E-state index in [-0.39, 0.29) is 18.0 Å². The maximum atomic E-state index is 9.42. The van der Waals surface area contributed by atoms with Crippen molar-refractivity contribution in [3.05, 3.63) is 104 Å². The van der Waals surface area contributed by atoms with Gasteiger partial charge in [0.25, 0.3) is 0 Å². The Morgan fingerprint density at radius 2 is 1.65 bits per heavy atom. The number of hydrogen-bond donors (Lipinski definition) is 1. The van der Waals surface area contributed by atoms with Crippen molar-refractivity contribution < 1.29 is 0 Å². The fraction of sp³-hybridized carbons (Fsp3) is 0.259. The summed E-state index contributed by atoms with van der Waals surface area (Å²) in [6.45, 7) is 4.24. The van der Waals surface area contributed by atoms with Gasteiger partial charge in [0.1, 0.15) is 0 Å². The molecule has 0 fully saturated rings. The molecular formula is C27H26IN3. The van der Waals surface area contributed by atoms with E-state index >= 15 is 0 Å². The lowest BCUT2D eigenvalue weighted by molar-refractivity contribution is 0.401. The molecule has 3 nitrogen and oxygen atoms in total. The standard InChI is InChI=1S/C27H26IN3/c1-19-6-10-23(11-7-19)27(14-15-29)31-20(2)26(17-21-8-12-25(28)13-9-21)24-5-3-4-22(16-24)18-30/h3-13,16,20,26-27,31H,14,17H2,1-2H3/t20-,26+,27?/m0/s1. The summed E-state index contributed by atoms with van der Waals surface area (Å²) in [5.74, 6) is 0.167. The molecule has 0 bridgehead atoms. The molecule has 0 heterocycles. The molecule has 3 rings (SSSR count). The van der Waals surface area contributed by atoms with Gasteiger partial charge >= 0.3 is 0 Å². The van der Waals surface area contributed by atoms with Crippen LogP contribution in [0.25, 0.3) is 0 Å². The highest BCUT2D eigenvalue weighted by Crippen LogP contribution is 2.28. The second kappa shape index (κ2) is 11.1. The second-order valence-corrected chi connectivity index (χ2v) is 9.20. The van der Waals surface area contributed by atoms with Crippen LogP contribution in [0.1, 0.15) is 53.1 Å². The van der Waals surface area contributed by atoms with E-state index in [1.54, 1.807) is 0 Å². The minimum atomic E-state index is -0.0426. The molecule has 3 aromatic rings. The molecule has 1 N–H and O–H groups in total. The quantitative estimate of drug-likeness (QED) is 0.349. The molecule has 0 saturated heterocycles. The van der Waals surface area contributed by atoms with Gasteiger partial charge in [-0.15, -0.1) is 0 Å². The van der Waals surface area contributed by atoms with Crippen LogP contribution in [0.2, 0.25) is 0 Å². The summed E-state index contributed by atoms with van der Waals surface area (Å²) >= 11 is 2.32. The van der Waals surface area contributed by atoms with E-state index in [9.17, 15) is 10.5 Å². The molecule has 0 saturated carbocycles. The van der Waals surface area contributed by atoms with Crippen LogP contribution in [0.5, 0.6) is 0 Å². The molecule has 4 heteroatoms. The summed E-state index contributed by atoms with van der Waals surface area (Å²) in [7, 11) is 0. The number of nitriles is 2. The summed E-state index contributed by atoms with van der Waals surface area (Å²) in [6, 6.07) is 29.5. The monoisotopic (exact) mass is 519 g/mol. The van der Waals surface area contributed by atoms with Gasteiger partial charge in [-0.05, 0) is 83.8 Å².